The Morgan fingerprint density at radius 3 is 2.67 bits per heavy atom. The van der Waals surface area contributed by atoms with Gasteiger partial charge in [0, 0.05) is 11.6 Å². The number of benzene rings is 1. The topological polar surface area (TPSA) is 92.8 Å². The van der Waals surface area contributed by atoms with E-state index in [9.17, 15) is 14.3 Å². The van der Waals surface area contributed by atoms with Crippen molar-refractivity contribution in [2.75, 3.05) is 7.11 Å². The number of phenolic OH excluding ortho intramolecular Hbond substituents is 1. The number of carbonyl (C=O) groups is 1. The molecule has 1 aromatic heterocycles. The number of methoxy groups -OCH3 is 1. The number of aromatic hydroxyl groups is 1. The van der Waals surface area contributed by atoms with Crippen LogP contribution in [-0.2, 0) is 0 Å². The number of carboxylic acids is 1. The quantitative estimate of drug-likeness (QED) is 0.867. The molecule has 18 heavy (non-hydrogen) atoms. The Labute approximate surface area is 100 Å². The molecule has 1 aromatic carbocycles. The van der Waals surface area contributed by atoms with Crippen molar-refractivity contribution in [2.24, 2.45) is 0 Å². The van der Waals surface area contributed by atoms with Gasteiger partial charge in [0.05, 0.1) is 7.11 Å². The average Bonchev–Trinajstić information content (AvgIpc) is 2.77. The summed E-state index contributed by atoms with van der Waals surface area (Å²) in [5.74, 6) is -3.15. The maximum absolute atomic E-state index is 13.5. The highest BCUT2D eigenvalue weighted by Gasteiger charge is 2.16. The van der Waals surface area contributed by atoms with Gasteiger partial charge in [0.25, 0.3) is 0 Å². The van der Waals surface area contributed by atoms with E-state index in [1.165, 1.54) is 13.2 Å². The van der Waals surface area contributed by atoms with Crippen LogP contribution < -0.4 is 4.74 Å². The van der Waals surface area contributed by atoms with Crippen LogP contribution in [0.25, 0.3) is 11.3 Å². The largest absolute Gasteiger partial charge is 0.504 e. The number of ether oxygens (including phenoxy) is 1. The van der Waals surface area contributed by atoms with Gasteiger partial charge in [-0.3, -0.25) is 0 Å². The number of rotatable bonds is 3. The lowest BCUT2D eigenvalue weighted by molar-refractivity contribution is 0.0652. The fourth-order valence-corrected chi connectivity index (χ4v) is 1.44. The molecule has 0 spiro atoms. The number of nitrogens with zero attached hydrogens (tertiary/aromatic N) is 1. The molecule has 2 rings (SSSR count). The van der Waals surface area contributed by atoms with Gasteiger partial charge >= 0.3 is 5.97 Å². The van der Waals surface area contributed by atoms with Gasteiger partial charge in [0.1, 0.15) is 5.69 Å². The fraction of sp³-hybridized carbons (Fsp3) is 0.0909. The summed E-state index contributed by atoms with van der Waals surface area (Å²) < 4.78 is 22.7. The van der Waals surface area contributed by atoms with E-state index in [1.54, 1.807) is 0 Å². The van der Waals surface area contributed by atoms with Gasteiger partial charge in [-0.2, -0.15) is 0 Å². The number of hydrogen-bond donors (Lipinski definition) is 2. The number of carboxylic acid groups (broad SMARTS) is 1. The third kappa shape index (κ3) is 1.97. The second-order valence-electron chi connectivity index (χ2n) is 3.39. The molecular formula is C11H8FNO5. The molecule has 2 aromatic rings. The van der Waals surface area contributed by atoms with E-state index < -0.39 is 17.5 Å². The molecule has 6 nitrogen and oxygen atoms in total. The average molecular weight is 253 g/mol. The van der Waals surface area contributed by atoms with E-state index in [4.69, 9.17) is 5.11 Å². The predicted octanol–water partition coefficient (Wildman–Crippen LogP) is 1.89. The molecule has 7 heteroatoms. The first-order valence-corrected chi connectivity index (χ1v) is 4.80. The standard InChI is InChI=1S/C11H8FNO5/c1-17-10-6(12)2-5(3-8(10)14)7-4-9(11(15)16)18-13-7/h2-4,14H,1H3,(H,15,16). The van der Waals surface area contributed by atoms with Gasteiger partial charge < -0.3 is 19.5 Å². The van der Waals surface area contributed by atoms with E-state index >= 15 is 0 Å². The zero-order chi connectivity index (χ0) is 13.3. The molecule has 0 atom stereocenters. The Balaban J connectivity index is 2.47. The molecule has 0 saturated carbocycles. The van der Waals surface area contributed by atoms with Crippen molar-refractivity contribution in [3.63, 3.8) is 0 Å². The maximum atomic E-state index is 13.5. The summed E-state index contributed by atoms with van der Waals surface area (Å²) in [6.07, 6.45) is 0. The molecule has 1 heterocycles. The molecule has 0 unspecified atom stereocenters. The fourth-order valence-electron chi connectivity index (χ4n) is 1.44. The monoisotopic (exact) mass is 253 g/mol. The van der Waals surface area contributed by atoms with E-state index in [-0.39, 0.29) is 22.8 Å². The molecular weight excluding hydrogens is 245 g/mol. The SMILES string of the molecule is COc1c(O)cc(-c2cc(C(=O)O)on2)cc1F. The predicted molar refractivity (Wildman–Crippen MR) is 57.1 cm³/mol. The Morgan fingerprint density at radius 2 is 2.17 bits per heavy atom. The molecule has 0 saturated heterocycles. The van der Waals surface area contributed by atoms with Crippen LogP contribution in [0.5, 0.6) is 11.5 Å². The molecule has 0 radical (unpaired) electrons. The van der Waals surface area contributed by atoms with E-state index in [0.717, 1.165) is 12.1 Å². The van der Waals surface area contributed by atoms with Crippen LogP contribution in [0.3, 0.4) is 0 Å². The first-order valence-electron chi connectivity index (χ1n) is 4.80. The number of aromatic carboxylic acids is 1. The number of aromatic nitrogens is 1. The summed E-state index contributed by atoms with van der Waals surface area (Å²) in [6, 6.07) is 3.39. The van der Waals surface area contributed by atoms with Crippen molar-refractivity contribution in [3.05, 3.63) is 29.8 Å². The van der Waals surface area contributed by atoms with Crippen LogP contribution >= 0.6 is 0 Å². The molecule has 2 N–H and O–H groups in total. The van der Waals surface area contributed by atoms with Gasteiger partial charge in [-0.1, -0.05) is 5.16 Å². The Morgan fingerprint density at radius 1 is 1.44 bits per heavy atom. The zero-order valence-corrected chi connectivity index (χ0v) is 9.18. The van der Waals surface area contributed by atoms with E-state index in [2.05, 4.69) is 14.4 Å². The van der Waals surface area contributed by atoms with Crippen LogP contribution in [0, 0.1) is 5.82 Å². The molecule has 0 aliphatic rings. The van der Waals surface area contributed by atoms with Crippen molar-refractivity contribution >= 4 is 5.97 Å². The highest BCUT2D eigenvalue weighted by atomic mass is 19.1. The third-order valence-corrected chi connectivity index (χ3v) is 2.24. The minimum absolute atomic E-state index is 0.101. The summed E-state index contributed by atoms with van der Waals surface area (Å²) >= 11 is 0. The van der Waals surface area contributed by atoms with Crippen molar-refractivity contribution in [1.29, 1.82) is 0 Å². The molecule has 0 amide bonds. The number of phenols is 1. The Kier molecular flexibility index (Phi) is 2.88. The number of hydrogen-bond acceptors (Lipinski definition) is 5. The summed E-state index contributed by atoms with van der Waals surface area (Å²) in [5.41, 5.74) is 0.284. The minimum Gasteiger partial charge on any atom is -0.504 e. The summed E-state index contributed by atoms with van der Waals surface area (Å²) in [6.45, 7) is 0. The first kappa shape index (κ1) is 11.9. The molecule has 0 bridgehead atoms. The molecule has 0 fully saturated rings. The van der Waals surface area contributed by atoms with Crippen LogP contribution in [0.4, 0.5) is 4.39 Å². The van der Waals surface area contributed by atoms with Crippen molar-refractivity contribution in [1.82, 2.24) is 5.16 Å². The van der Waals surface area contributed by atoms with Crippen LogP contribution in [0.1, 0.15) is 10.6 Å². The minimum atomic E-state index is -1.29. The molecule has 0 aliphatic carbocycles. The lowest BCUT2D eigenvalue weighted by Gasteiger charge is -2.05. The van der Waals surface area contributed by atoms with Crippen LogP contribution in [-0.4, -0.2) is 28.4 Å². The summed E-state index contributed by atoms with van der Waals surface area (Å²) in [5, 5.41) is 21.6. The van der Waals surface area contributed by atoms with Crippen molar-refractivity contribution in [2.45, 2.75) is 0 Å². The maximum Gasteiger partial charge on any atom is 0.374 e. The third-order valence-electron chi connectivity index (χ3n) is 2.24. The van der Waals surface area contributed by atoms with Gasteiger partial charge in [-0.05, 0) is 12.1 Å². The lowest BCUT2D eigenvalue weighted by Crippen LogP contribution is -1.92. The van der Waals surface area contributed by atoms with Gasteiger partial charge in [0.15, 0.2) is 17.3 Å². The Bertz CT molecular complexity index is 584. The van der Waals surface area contributed by atoms with E-state index in [1.807, 2.05) is 0 Å². The molecule has 0 aliphatic heterocycles. The van der Waals surface area contributed by atoms with Gasteiger partial charge in [-0.25, -0.2) is 9.18 Å². The summed E-state index contributed by atoms with van der Waals surface area (Å²) in [4.78, 5) is 10.6. The Hall–Kier alpha value is -2.57. The highest BCUT2D eigenvalue weighted by molar-refractivity contribution is 5.85. The van der Waals surface area contributed by atoms with Crippen LogP contribution in [0.15, 0.2) is 22.7 Å². The summed E-state index contributed by atoms with van der Waals surface area (Å²) in [7, 11) is 1.22. The lowest BCUT2D eigenvalue weighted by atomic mass is 10.1. The van der Waals surface area contributed by atoms with Crippen LogP contribution in [0.2, 0.25) is 0 Å². The number of halogens is 1. The highest BCUT2D eigenvalue weighted by Crippen LogP contribution is 2.34. The smallest absolute Gasteiger partial charge is 0.374 e. The van der Waals surface area contributed by atoms with Crippen molar-refractivity contribution < 1.29 is 28.7 Å². The van der Waals surface area contributed by atoms with Gasteiger partial charge in [0.2, 0.25) is 5.76 Å². The van der Waals surface area contributed by atoms with E-state index in [0.29, 0.717) is 0 Å². The van der Waals surface area contributed by atoms with Crippen molar-refractivity contribution in [3.8, 4) is 22.8 Å². The zero-order valence-electron chi connectivity index (χ0n) is 9.18. The second kappa shape index (κ2) is 4.36. The normalized spacial score (nSPS) is 10.3. The molecule has 94 valence electrons. The second-order valence-corrected chi connectivity index (χ2v) is 3.39. The first-order chi connectivity index (χ1) is 8.52. The van der Waals surface area contributed by atoms with Gasteiger partial charge in [-0.15, -0.1) is 0 Å².